The van der Waals surface area contributed by atoms with E-state index in [1.807, 2.05) is 0 Å². The lowest BCUT2D eigenvalue weighted by atomic mass is 9.84. The molecular weight excluding hydrogens is 188 g/mol. The van der Waals surface area contributed by atoms with Crippen LogP contribution < -0.4 is 0 Å². The molecule has 90 valence electrons. The van der Waals surface area contributed by atoms with Crippen LogP contribution in [0.5, 0.6) is 0 Å². The van der Waals surface area contributed by atoms with Gasteiger partial charge in [-0.2, -0.15) is 0 Å². The third kappa shape index (κ3) is 7.57. The van der Waals surface area contributed by atoms with Gasteiger partial charge in [0.2, 0.25) is 0 Å². The first-order valence-electron chi connectivity index (χ1n) is 5.60. The Labute approximate surface area is 94.7 Å². The molecule has 0 fully saturated rings. The highest BCUT2D eigenvalue weighted by Crippen LogP contribution is 2.29. The van der Waals surface area contributed by atoms with Crippen LogP contribution in [0.4, 0.5) is 0 Å². The molecule has 0 rings (SSSR count). The SMILES string of the molecule is COC(CC(C)(C)CCC=C(C)C)OC. The molecule has 0 aliphatic carbocycles. The topological polar surface area (TPSA) is 18.5 Å². The lowest BCUT2D eigenvalue weighted by Crippen LogP contribution is -2.23. The first kappa shape index (κ1) is 14.7. The van der Waals surface area contributed by atoms with Crippen molar-refractivity contribution in [2.75, 3.05) is 14.2 Å². The van der Waals surface area contributed by atoms with Crippen molar-refractivity contribution >= 4 is 0 Å². The Bertz CT molecular complexity index is 187. The first-order valence-corrected chi connectivity index (χ1v) is 5.60. The van der Waals surface area contributed by atoms with Crippen molar-refractivity contribution in [3.8, 4) is 0 Å². The van der Waals surface area contributed by atoms with Gasteiger partial charge in [-0.25, -0.2) is 0 Å². The fourth-order valence-electron chi connectivity index (χ4n) is 1.57. The molecule has 0 spiro atoms. The Morgan fingerprint density at radius 2 is 1.73 bits per heavy atom. The van der Waals surface area contributed by atoms with Crippen LogP contribution in [0.25, 0.3) is 0 Å². The molecule has 0 unspecified atom stereocenters. The number of hydrogen-bond acceptors (Lipinski definition) is 2. The van der Waals surface area contributed by atoms with E-state index in [1.54, 1.807) is 14.2 Å². The Morgan fingerprint density at radius 1 is 1.20 bits per heavy atom. The van der Waals surface area contributed by atoms with E-state index >= 15 is 0 Å². The number of allylic oxidation sites excluding steroid dienone is 2. The van der Waals surface area contributed by atoms with E-state index in [0.29, 0.717) is 0 Å². The summed E-state index contributed by atoms with van der Waals surface area (Å²) in [6.07, 6.45) is 5.45. The molecule has 0 heterocycles. The van der Waals surface area contributed by atoms with Crippen LogP contribution >= 0.6 is 0 Å². The van der Waals surface area contributed by atoms with Crippen molar-refractivity contribution in [3.63, 3.8) is 0 Å². The van der Waals surface area contributed by atoms with Crippen molar-refractivity contribution < 1.29 is 9.47 Å². The number of ether oxygens (including phenoxy) is 2. The third-order valence-corrected chi connectivity index (χ3v) is 2.62. The van der Waals surface area contributed by atoms with E-state index in [0.717, 1.165) is 12.8 Å². The largest absolute Gasteiger partial charge is 0.356 e. The van der Waals surface area contributed by atoms with Crippen LogP contribution in [0.2, 0.25) is 0 Å². The minimum Gasteiger partial charge on any atom is -0.356 e. The van der Waals surface area contributed by atoms with Crippen LogP contribution in [0.15, 0.2) is 11.6 Å². The van der Waals surface area contributed by atoms with Crippen LogP contribution in [-0.2, 0) is 9.47 Å². The molecule has 0 N–H and O–H groups in total. The minimum absolute atomic E-state index is 0.0771. The van der Waals surface area contributed by atoms with Gasteiger partial charge >= 0.3 is 0 Å². The van der Waals surface area contributed by atoms with Crippen LogP contribution in [0, 0.1) is 5.41 Å². The van der Waals surface area contributed by atoms with E-state index in [4.69, 9.17) is 9.47 Å². The molecule has 0 aromatic rings. The zero-order valence-electron chi connectivity index (χ0n) is 11.1. The molecule has 2 nitrogen and oxygen atoms in total. The van der Waals surface area contributed by atoms with Crippen molar-refractivity contribution in [3.05, 3.63) is 11.6 Å². The van der Waals surface area contributed by atoms with Gasteiger partial charge in [0.1, 0.15) is 0 Å². The van der Waals surface area contributed by atoms with Crippen molar-refractivity contribution in [1.29, 1.82) is 0 Å². The molecule has 0 amide bonds. The number of methoxy groups -OCH3 is 2. The van der Waals surface area contributed by atoms with Crippen molar-refractivity contribution in [2.24, 2.45) is 5.41 Å². The van der Waals surface area contributed by atoms with E-state index in [9.17, 15) is 0 Å². The lowest BCUT2D eigenvalue weighted by Gasteiger charge is -2.27. The molecule has 0 atom stereocenters. The zero-order valence-corrected chi connectivity index (χ0v) is 11.1. The molecule has 0 aliphatic rings. The maximum Gasteiger partial charge on any atom is 0.157 e. The summed E-state index contributed by atoms with van der Waals surface area (Å²) >= 11 is 0. The van der Waals surface area contributed by atoms with Gasteiger partial charge in [0.25, 0.3) is 0 Å². The van der Waals surface area contributed by atoms with E-state index in [1.165, 1.54) is 12.0 Å². The van der Waals surface area contributed by atoms with Crippen molar-refractivity contribution in [1.82, 2.24) is 0 Å². The Morgan fingerprint density at radius 3 is 2.13 bits per heavy atom. The highest BCUT2D eigenvalue weighted by molar-refractivity contribution is 4.93. The zero-order chi connectivity index (χ0) is 11.9. The molecule has 0 aliphatic heterocycles. The summed E-state index contributed by atoms with van der Waals surface area (Å²) in [6, 6.07) is 0. The van der Waals surface area contributed by atoms with Crippen molar-refractivity contribution in [2.45, 2.75) is 53.2 Å². The van der Waals surface area contributed by atoms with Gasteiger partial charge in [-0.05, 0) is 32.1 Å². The molecule has 0 bridgehead atoms. The fourth-order valence-corrected chi connectivity index (χ4v) is 1.57. The van der Waals surface area contributed by atoms with Gasteiger partial charge in [0, 0.05) is 20.6 Å². The summed E-state index contributed by atoms with van der Waals surface area (Å²) in [7, 11) is 3.39. The summed E-state index contributed by atoms with van der Waals surface area (Å²) in [6.45, 7) is 8.80. The second kappa shape index (κ2) is 7.02. The molecule has 0 saturated heterocycles. The Hall–Kier alpha value is -0.340. The smallest absolute Gasteiger partial charge is 0.157 e. The predicted octanol–water partition coefficient (Wildman–Crippen LogP) is 3.77. The highest BCUT2D eigenvalue weighted by atomic mass is 16.7. The number of hydrogen-bond donors (Lipinski definition) is 0. The van der Waals surface area contributed by atoms with E-state index in [2.05, 4.69) is 33.8 Å². The van der Waals surface area contributed by atoms with Crippen LogP contribution in [0.3, 0.4) is 0 Å². The van der Waals surface area contributed by atoms with Crippen LogP contribution in [0.1, 0.15) is 47.0 Å². The van der Waals surface area contributed by atoms with E-state index in [-0.39, 0.29) is 11.7 Å². The van der Waals surface area contributed by atoms with Gasteiger partial charge in [-0.15, -0.1) is 0 Å². The lowest BCUT2D eigenvalue weighted by molar-refractivity contribution is -0.123. The summed E-state index contributed by atoms with van der Waals surface area (Å²) in [5, 5.41) is 0. The average molecular weight is 214 g/mol. The van der Waals surface area contributed by atoms with Gasteiger partial charge in [-0.3, -0.25) is 0 Å². The van der Waals surface area contributed by atoms with Gasteiger partial charge in [0.15, 0.2) is 6.29 Å². The summed E-state index contributed by atoms with van der Waals surface area (Å²) in [4.78, 5) is 0. The molecule has 0 saturated carbocycles. The Balaban J connectivity index is 4.00. The molecule has 2 heteroatoms. The number of rotatable bonds is 7. The van der Waals surface area contributed by atoms with E-state index < -0.39 is 0 Å². The molecular formula is C13H26O2. The molecule has 0 aromatic carbocycles. The molecule has 0 aromatic heterocycles. The maximum atomic E-state index is 5.23. The highest BCUT2D eigenvalue weighted by Gasteiger charge is 2.22. The summed E-state index contributed by atoms with van der Waals surface area (Å²) < 4.78 is 10.5. The van der Waals surface area contributed by atoms with Crippen LogP contribution in [-0.4, -0.2) is 20.5 Å². The third-order valence-electron chi connectivity index (χ3n) is 2.62. The summed E-state index contributed by atoms with van der Waals surface area (Å²) in [5.74, 6) is 0. The molecule has 0 radical (unpaired) electrons. The maximum absolute atomic E-state index is 5.23. The van der Waals surface area contributed by atoms with Gasteiger partial charge in [-0.1, -0.05) is 25.5 Å². The minimum atomic E-state index is -0.0771. The normalized spacial score (nSPS) is 11.9. The fraction of sp³-hybridized carbons (Fsp3) is 0.846. The first-order chi connectivity index (χ1) is 6.91. The quantitative estimate of drug-likeness (QED) is 0.474. The second-order valence-corrected chi connectivity index (χ2v) is 5.09. The van der Waals surface area contributed by atoms with Gasteiger partial charge in [0.05, 0.1) is 0 Å². The Kier molecular flexibility index (Phi) is 6.86. The van der Waals surface area contributed by atoms with Gasteiger partial charge < -0.3 is 9.47 Å². The summed E-state index contributed by atoms with van der Waals surface area (Å²) in [5.41, 5.74) is 1.66. The molecule has 15 heavy (non-hydrogen) atoms. The monoisotopic (exact) mass is 214 g/mol. The second-order valence-electron chi connectivity index (χ2n) is 5.09. The average Bonchev–Trinajstić information content (AvgIpc) is 2.13. The standard InChI is InChI=1S/C13H26O2/c1-11(2)8-7-9-13(3,4)10-12(14-5)15-6/h8,12H,7,9-10H2,1-6H3. The predicted molar refractivity (Wildman–Crippen MR) is 64.9 cm³/mol.